The minimum Gasteiger partial charge on any atom is -0.311 e. The Labute approximate surface area is 680 Å². The van der Waals surface area contributed by atoms with E-state index >= 15 is 0 Å². The van der Waals surface area contributed by atoms with Gasteiger partial charge in [0.2, 0.25) is 0 Å². The van der Waals surface area contributed by atoms with E-state index in [2.05, 4.69) is 441 Å². The lowest BCUT2D eigenvalue weighted by molar-refractivity contribution is 0.568. The molecule has 6 heteroatoms. The number of nitriles is 1. The molecule has 566 valence electrons. The zero-order valence-corrected chi connectivity index (χ0v) is 70.0. The van der Waals surface area contributed by atoms with Crippen LogP contribution in [0.2, 0.25) is 0 Å². The van der Waals surface area contributed by atoms with E-state index in [1.165, 1.54) is 66.0 Å². The molecule has 4 heterocycles. The lowest BCUT2D eigenvalue weighted by Crippen LogP contribution is -2.61. The molecule has 0 saturated carbocycles. The average Bonchev–Trinajstić information content (AvgIpc) is 1.24. The molecule has 0 unspecified atom stereocenters. The molecule has 0 N–H and O–H groups in total. The van der Waals surface area contributed by atoms with Crippen LogP contribution in [0.25, 0.3) is 111 Å². The van der Waals surface area contributed by atoms with Gasteiger partial charge in [-0.05, 0) is 235 Å². The third-order valence-corrected chi connectivity index (χ3v) is 24.6. The Morgan fingerprint density at radius 2 is 0.635 bits per heavy atom. The maximum absolute atomic E-state index is 12.2. The number of fused-ring (bicyclic) bond motifs is 10. The third kappa shape index (κ3) is 13.0. The van der Waals surface area contributed by atoms with Gasteiger partial charge in [-0.15, -0.1) is 0 Å². The second-order valence-corrected chi connectivity index (χ2v) is 38.7. The highest BCUT2D eigenvalue weighted by molar-refractivity contribution is 7.00. The van der Waals surface area contributed by atoms with Gasteiger partial charge in [0.1, 0.15) is 6.07 Å². The van der Waals surface area contributed by atoms with Crippen molar-refractivity contribution in [3.8, 4) is 73.1 Å². The quantitative estimate of drug-likeness (QED) is 0.135. The van der Waals surface area contributed by atoms with E-state index in [0.29, 0.717) is 5.56 Å². The molecule has 0 atom stereocenters. The maximum atomic E-state index is 12.2. The van der Waals surface area contributed by atoms with Gasteiger partial charge in [-0.3, -0.25) is 0 Å². The molecule has 115 heavy (non-hydrogen) atoms. The Hall–Kier alpha value is -12.2. The zero-order chi connectivity index (χ0) is 80.3. The molecule has 0 bridgehead atoms. The fourth-order valence-corrected chi connectivity index (χ4v) is 18.0. The van der Waals surface area contributed by atoms with E-state index in [1.807, 2.05) is 0 Å². The first kappa shape index (κ1) is 74.3. The van der Waals surface area contributed by atoms with E-state index in [4.69, 9.17) is 0 Å². The molecule has 0 radical (unpaired) electrons. The van der Waals surface area contributed by atoms with Crippen LogP contribution in [0.1, 0.15) is 164 Å². The van der Waals surface area contributed by atoms with Gasteiger partial charge in [-0.2, -0.15) is 5.26 Å². The maximum Gasteiger partial charge on any atom is 0.252 e. The first-order valence-electron chi connectivity index (χ1n) is 41.1. The van der Waals surface area contributed by atoms with Crippen molar-refractivity contribution < 1.29 is 0 Å². The summed E-state index contributed by atoms with van der Waals surface area (Å²) in [5.41, 5.74) is 34.7. The summed E-state index contributed by atoms with van der Waals surface area (Å²) in [6.07, 6.45) is 0. The Morgan fingerprint density at radius 1 is 0.243 bits per heavy atom. The van der Waals surface area contributed by atoms with Crippen molar-refractivity contribution >= 4 is 101 Å². The topological polar surface area (TPSA) is 40.1 Å². The van der Waals surface area contributed by atoms with Crippen LogP contribution in [0, 0.1) is 11.3 Å². The second-order valence-electron chi connectivity index (χ2n) is 38.7. The molecule has 0 fully saturated rings. The average molecular weight is 1490 g/mol. The van der Waals surface area contributed by atoms with Gasteiger partial charge in [-0.25, -0.2) is 0 Å². The number of anilines is 6. The highest BCUT2D eigenvalue weighted by Gasteiger charge is 2.45. The Morgan fingerprint density at radius 3 is 1.11 bits per heavy atom. The summed E-state index contributed by atoms with van der Waals surface area (Å²) in [4.78, 5) is 5.16. The van der Waals surface area contributed by atoms with Crippen LogP contribution in [0.3, 0.4) is 0 Å². The fourth-order valence-electron chi connectivity index (χ4n) is 18.0. The van der Waals surface area contributed by atoms with Gasteiger partial charge >= 0.3 is 0 Å². The van der Waals surface area contributed by atoms with Crippen LogP contribution < -0.4 is 26.2 Å². The number of rotatable bonds is 9. The predicted molar refractivity (Wildman–Crippen MR) is 493 cm³/mol. The van der Waals surface area contributed by atoms with Gasteiger partial charge in [0.05, 0.1) is 39.0 Å². The molecule has 14 aromatic carbocycles. The van der Waals surface area contributed by atoms with Crippen molar-refractivity contribution in [3.63, 3.8) is 0 Å². The summed E-state index contributed by atoms with van der Waals surface area (Å²) < 4.78 is 4.96. The van der Waals surface area contributed by atoms with E-state index in [0.717, 1.165) is 129 Å². The van der Waals surface area contributed by atoms with Crippen molar-refractivity contribution in [2.24, 2.45) is 0 Å². The number of para-hydroxylation sites is 2. The lowest BCUT2D eigenvalue weighted by atomic mass is 9.33. The minimum absolute atomic E-state index is 0.125. The Bertz CT molecular complexity index is 6480. The first-order chi connectivity index (χ1) is 54.7. The Balaban J connectivity index is 1.03. The van der Waals surface area contributed by atoms with Crippen molar-refractivity contribution in [2.75, 3.05) is 9.80 Å². The van der Waals surface area contributed by atoms with Crippen molar-refractivity contribution in [2.45, 2.75) is 157 Å². The molecule has 2 aliphatic rings. The van der Waals surface area contributed by atoms with Gasteiger partial charge in [-0.1, -0.05) is 319 Å². The van der Waals surface area contributed by atoms with Crippen LogP contribution in [0.4, 0.5) is 34.1 Å². The highest BCUT2D eigenvalue weighted by atomic mass is 15.2. The largest absolute Gasteiger partial charge is 0.311 e. The van der Waals surface area contributed by atoms with Crippen LogP contribution in [-0.2, 0) is 32.5 Å². The summed E-state index contributed by atoms with van der Waals surface area (Å²) in [6.45, 7) is 41.7. The fraction of sp³-hybridized carbons (Fsp3) is 0.220. The molecule has 2 aromatic heterocycles. The monoisotopic (exact) mass is 1490 g/mol. The predicted octanol–water partition coefficient (Wildman–Crippen LogP) is 28.0. The molecule has 0 spiro atoms. The highest BCUT2D eigenvalue weighted by Crippen LogP contribution is 2.52. The lowest BCUT2D eigenvalue weighted by Gasteiger charge is -2.45. The van der Waals surface area contributed by atoms with Gasteiger partial charge in [0, 0.05) is 55.7 Å². The molecule has 2 aliphatic heterocycles. The van der Waals surface area contributed by atoms with Gasteiger partial charge < -0.3 is 18.9 Å². The van der Waals surface area contributed by atoms with Crippen molar-refractivity contribution in [3.05, 3.63) is 330 Å². The second kappa shape index (κ2) is 27.0. The molecule has 18 rings (SSSR count). The standard InChI is InChI=1S/C109H102BN5/c1-104(2,3)77-44-49-96-90(62-77)91-63-78(105(4,5)6)45-50-97(91)113(96)85-65-101-103-102(66-85)115(98-64-83(46-41-72(98)67-111)112-94-39-29-27-37-88(94)89-38-28-30-40-95(89)112)100-59-71(75-54-81(108(13,14)15)61-82(55-75)109(16,17)18)43-48-93(100)110(103)92-47-42-70(74-52-79(106(7,8)9)60-80(53-74)107(10,11)12)58-99(92)114(101)84-56-73(68-31-21-19-22-32-68)51-76(57-84)87-36-26-25-35-86(87)69-33-23-20-24-34-69/h19-66H,1-18H3. The van der Waals surface area contributed by atoms with Gasteiger partial charge in [0.15, 0.2) is 0 Å². The number of hydrogen-bond donors (Lipinski definition) is 0. The summed E-state index contributed by atoms with van der Waals surface area (Å²) in [7, 11) is 0. The Kier molecular flexibility index (Phi) is 17.4. The third-order valence-electron chi connectivity index (χ3n) is 24.6. The molecular formula is C109H102BN5. The summed E-state index contributed by atoms with van der Waals surface area (Å²) >= 11 is 0. The van der Waals surface area contributed by atoms with Crippen LogP contribution in [0.5, 0.6) is 0 Å². The molecule has 5 nitrogen and oxygen atoms in total. The SMILES string of the molecule is CC(C)(C)c1cc(-c2ccc3c(c2)N(c2cc(-c4ccccc4)cc(-c4ccccc4-c4ccccc4)c2)c2cc(-n4c5ccc(C(C)(C)C)cc5c5cc(C(C)(C)C)ccc54)cc4c2B3c2ccc(-c3cc(C(C)(C)C)cc(C(C)(C)C)c3)cc2N4c2cc(-n3c4ccccc4c4ccccc43)ccc2C#N)cc(C(C)(C)C)c1. The van der Waals surface area contributed by atoms with Crippen LogP contribution in [0.15, 0.2) is 291 Å². The number of nitrogens with zero attached hydrogens (tertiary/aromatic N) is 5. The van der Waals surface area contributed by atoms with E-state index < -0.39 is 0 Å². The van der Waals surface area contributed by atoms with E-state index in [1.54, 1.807) is 0 Å². The molecule has 0 aliphatic carbocycles. The van der Waals surface area contributed by atoms with Gasteiger partial charge in [0.25, 0.3) is 6.71 Å². The zero-order valence-electron chi connectivity index (χ0n) is 70.0. The smallest absolute Gasteiger partial charge is 0.252 e. The molecule has 0 saturated heterocycles. The van der Waals surface area contributed by atoms with E-state index in [9.17, 15) is 5.26 Å². The summed E-state index contributed by atoms with van der Waals surface area (Å²) in [6, 6.07) is 114. The van der Waals surface area contributed by atoms with Crippen LogP contribution >= 0.6 is 0 Å². The molecule has 16 aromatic rings. The van der Waals surface area contributed by atoms with Crippen LogP contribution in [-0.4, -0.2) is 15.8 Å². The number of aromatic nitrogens is 2. The summed E-state index contributed by atoms with van der Waals surface area (Å²) in [5.74, 6) is 0. The molecular weight excluding hydrogens is 1390 g/mol. The van der Waals surface area contributed by atoms with Crippen molar-refractivity contribution in [1.82, 2.24) is 9.13 Å². The number of benzene rings is 14. The summed E-state index contributed by atoms with van der Waals surface area (Å²) in [5, 5.41) is 17.0. The first-order valence-corrected chi connectivity index (χ1v) is 41.1. The number of hydrogen-bond acceptors (Lipinski definition) is 3. The van der Waals surface area contributed by atoms with E-state index in [-0.39, 0.29) is 39.2 Å². The van der Waals surface area contributed by atoms with Crippen molar-refractivity contribution in [1.29, 1.82) is 5.26 Å². The minimum atomic E-state index is -0.319. The normalized spacial score (nSPS) is 13.2. The molecule has 0 amide bonds.